The minimum atomic E-state index is -0.163. The van der Waals surface area contributed by atoms with Gasteiger partial charge in [0.25, 0.3) is 0 Å². The van der Waals surface area contributed by atoms with E-state index in [1.54, 1.807) is 25.5 Å². The summed E-state index contributed by atoms with van der Waals surface area (Å²) in [7, 11) is 1.64. The Labute approximate surface area is 177 Å². The molecule has 2 aromatic rings. The second kappa shape index (κ2) is 9.83. The van der Waals surface area contributed by atoms with Crippen molar-refractivity contribution in [1.29, 1.82) is 0 Å². The number of amides is 1. The van der Waals surface area contributed by atoms with Gasteiger partial charge in [-0.2, -0.15) is 5.10 Å². The number of thioether (sulfide) groups is 1. The monoisotopic (exact) mass is 586 g/mol. The van der Waals surface area contributed by atoms with E-state index in [1.165, 1.54) is 11.8 Å². The predicted molar refractivity (Wildman–Crippen MR) is 116 cm³/mol. The van der Waals surface area contributed by atoms with Crippen LogP contribution < -0.4 is 10.2 Å². The number of rotatable bonds is 6. The van der Waals surface area contributed by atoms with Gasteiger partial charge < -0.3 is 4.74 Å². The maximum atomic E-state index is 11.8. The van der Waals surface area contributed by atoms with Crippen LogP contribution >= 0.6 is 68.5 Å². The van der Waals surface area contributed by atoms with E-state index in [-0.39, 0.29) is 11.7 Å². The van der Waals surface area contributed by atoms with Crippen LogP contribution in [0.1, 0.15) is 5.56 Å². The lowest BCUT2D eigenvalue weighted by molar-refractivity contribution is -0.118. The highest BCUT2D eigenvalue weighted by Crippen LogP contribution is 2.28. The number of hydrogen-bond donors (Lipinski definition) is 1. The third kappa shape index (κ3) is 6.08. The Morgan fingerprint density at radius 1 is 1.29 bits per heavy atom. The molecule has 0 radical (unpaired) electrons. The third-order valence-corrected chi connectivity index (χ3v) is 5.68. The molecule has 2 aromatic carbocycles. The Balaban J connectivity index is 1.87. The van der Waals surface area contributed by atoms with E-state index in [0.29, 0.717) is 5.02 Å². The molecule has 4 nitrogen and oxygen atoms in total. The van der Waals surface area contributed by atoms with E-state index in [2.05, 4.69) is 55.7 Å². The molecule has 0 spiro atoms. The highest BCUT2D eigenvalue weighted by Gasteiger charge is 2.07. The van der Waals surface area contributed by atoms with Gasteiger partial charge in [-0.05, 0) is 87.1 Å². The van der Waals surface area contributed by atoms with Crippen molar-refractivity contribution in [1.82, 2.24) is 5.43 Å². The highest BCUT2D eigenvalue weighted by atomic mass is 127. The number of carbonyl (C=O) groups excluding carboxylic acids is 1. The molecule has 0 saturated carbocycles. The van der Waals surface area contributed by atoms with Crippen molar-refractivity contribution in [3.63, 3.8) is 0 Å². The van der Waals surface area contributed by atoms with Gasteiger partial charge in [0, 0.05) is 9.92 Å². The molecule has 0 aliphatic rings. The molecule has 1 N–H and O–H groups in total. The van der Waals surface area contributed by atoms with Crippen LogP contribution in [0.2, 0.25) is 5.02 Å². The second-order valence-electron chi connectivity index (χ2n) is 4.55. The second-order valence-corrected chi connectivity index (χ2v) is 8.36. The van der Waals surface area contributed by atoms with Gasteiger partial charge >= 0.3 is 0 Å². The molecule has 1 amide bonds. The van der Waals surface area contributed by atoms with E-state index in [9.17, 15) is 4.79 Å². The Hall–Kier alpha value is -0.520. The summed E-state index contributed by atoms with van der Waals surface area (Å²) in [4.78, 5) is 12.8. The maximum absolute atomic E-state index is 11.8. The van der Waals surface area contributed by atoms with E-state index in [0.717, 1.165) is 23.3 Å². The van der Waals surface area contributed by atoms with Crippen molar-refractivity contribution in [2.75, 3.05) is 12.9 Å². The SMILES string of the molecule is COc1c(I)cc(/C=N\NC(=O)CSc2ccc(Cl)cc2)cc1I. The molecule has 0 atom stereocenters. The standard InChI is InChI=1S/C16H13ClI2N2O2S/c1-23-16-13(18)6-10(7-14(16)19)8-20-21-15(22)9-24-12-4-2-11(17)3-5-12/h2-8H,9H2,1H3,(H,21,22)/b20-8-. The van der Waals surface area contributed by atoms with Crippen molar-refractivity contribution in [2.24, 2.45) is 5.10 Å². The molecule has 0 heterocycles. The Bertz CT molecular complexity index is 731. The van der Waals surface area contributed by atoms with E-state index >= 15 is 0 Å². The zero-order valence-electron chi connectivity index (χ0n) is 12.6. The van der Waals surface area contributed by atoms with Crippen molar-refractivity contribution in [3.8, 4) is 5.75 Å². The average Bonchev–Trinajstić information content (AvgIpc) is 2.54. The minimum absolute atomic E-state index is 0.163. The zero-order chi connectivity index (χ0) is 17.5. The Kier molecular flexibility index (Phi) is 8.11. The summed E-state index contributed by atoms with van der Waals surface area (Å²) >= 11 is 11.7. The molecule has 0 unspecified atom stereocenters. The molecule has 0 aliphatic heterocycles. The van der Waals surface area contributed by atoms with Gasteiger partial charge in [0.05, 0.1) is 26.2 Å². The largest absolute Gasteiger partial charge is 0.495 e. The molecule has 0 fully saturated rings. The number of nitrogens with one attached hydrogen (secondary N) is 1. The first-order valence-corrected chi connectivity index (χ1v) is 10.2. The molecule has 0 aliphatic carbocycles. The van der Waals surface area contributed by atoms with E-state index < -0.39 is 0 Å². The molecular formula is C16H13ClI2N2O2S. The number of hydrazone groups is 1. The Morgan fingerprint density at radius 3 is 2.50 bits per heavy atom. The summed E-state index contributed by atoms with van der Waals surface area (Å²) in [5.41, 5.74) is 3.43. The van der Waals surface area contributed by atoms with Crippen molar-refractivity contribution in [3.05, 3.63) is 54.1 Å². The van der Waals surface area contributed by atoms with Gasteiger partial charge in [0.2, 0.25) is 5.91 Å². The molecule has 0 saturated heterocycles. The molecule has 126 valence electrons. The van der Waals surface area contributed by atoms with Crippen LogP contribution in [0.25, 0.3) is 0 Å². The number of nitrogens with zero attached hydrogens (tertiary/aromatic N) is 1. The van der Waals surface area contributed by atoms with Crippen LogP contribution in [0.5, 0.6) is 5.75 Å². The minimum Gasteiger partial charge on any atom is -0.495 e. The normalized spacial score (nSPS) is 10.8. The fraction of sp³-hybridized carbons (Fsp3) is 0.125. The highest BCUT2D eigenvalue weighted by molar-refractivity contribution is 14.1. The summed E-state index contributed by atoms with van der Waals surface area (Å²) in [5, 5.41) is 4.68. The number of carbonyl (C=O) groups is 1. The fourth-order valence-corrected chi connectivity index (χ4v) is 4.81. The number of methoxy groups -OCH3 is 1. The van der Waals surface area contributed by atoms with Crippen molar-refractivity contribution < 1.29 is 9.53 Å². The first kappa shape index (κ1) is 19.8. The van der Waals surface area contributed by atoms with Crippen molar-refractivity contribution in [2.45, 2.75) is 4.90 Å². The smallest absolute Gasteiger partial charge is 0.250 e. The number of ether oxygens (including phenoxy) is 1. The summed E-state index contributed by atoms with van der Waals surface area (Å²) in [6, 6.07) is 11.2. The molecular weight excluding hydrogens is 574 g/mol. The van der Waals surface area contributed by atoms with Gasteiger partial charge in [-0.15, -0.1) is 11.8 Å². The molecule has 24 heavy (non-hydrogen) atoms. The van der Waals surface area contributed by atoms with Crippen LogP contribution in [-0.2, 0) is 4.79 Å². The molecule has 8 heteroatoms. The van der Waals surface area contributed by atoms with Crippen LogP contribution in [0.15, 0.2) is 46.4 Å². The Morgan fingerprint density at radius 2 is 1.92 bits per heavy atom. The number of hydrogen-bond acceptors (Lipinski definition) is 4. The average molecular weight is 587 g/mol. The van der Waals surface area contributed by atoms with Gasteiger partial charge in [-0.25, -0.2) is 5.43 Å². The topological polar surface area (TPSA) is 50.7 Å². The van der Waals surface area contributed by atoms with Crippen LogP contribution in [-0.4, -0.2) is 25.0 Å². The van der Waals surface area contributed by atoms with E-state index in [4.69, 9.17) is 16.3 Å². The lowest BCUT2D eigenvalue weighted by Crippen LogP contribution is -2.19. The van der Waals surface area contributed by atoms with E-state index in [1.807, 2.05) is 24.3 Å². The van der Waals surface area contributed by atoms with Crippen LogP contribution in [0.4, 0.5) is 0 Å². The number of halogens is 3. The van der Waals surface area contributed by atoms with Gasteiger partial charge in [0.15, 0.2) is 0 Å². The quantitative estimate of drug-likeness (QED) is 0.229. The maximum Gasteiger partial charge on any atom is 0.250 e. The fourth-order valence-electron chi connectivity index (χ4n) is 1.74. The number of benzene rings is 2. The summed E-state index contributed by atoms with van der Waals surface area (Å²) in [5.74, 6) is 0.970. The summed E-state index contributed by atoms with van der Waals surface area (Å²) in [6.45, 7) is 0. The van der Waals surface area contributed by atoms with Crippen LogP contribution in [0, 0.1) is 7.14 Å². The van der Waals surface area contributed by atoms with Crippen LogP contribution in [0.3, 0.4) is 0 Å². The molecule has 2 rings (SSSR count). The molecule has 0 aromatic heterocycles. The third-order valence-electron chi connectivity index (χ3n) is 2.81. The first-order chi connectivity index (χ1) is 11.5. The van der Waals surface area contributed by atoms with Crippen molar-refractivity contribution >= 4 is 80.7 Å². The van der Waals surface area contributed by atoms with Gasteiger partial charge in [-0.1, -0.05) is 11.6 Å². The van der Waals surface area contributed by atoms with Gasteiger partial charge in [-0.3, -0.25) is 4.79 Å². The zero-order valence-corrected chi connectivity index (χ0v) is 18.4. The first-order valence-electron chi connectivity index (χ1n) is 6.73. The summed E-state index contributed by atoms with van der Waals surface area (Å²) < 4.78 is 7.30. The lowest BCUT2D eigenvalue weighted by atomic mass is 10.2. The lowest BCUT2D eigenvalue weighted by Gasteiger charge is -2.07. The predicted octanol–water partition coefficient (Wildman–Crippen LogP) is 4.80. The molecule has 0 bridgehead atoms. The summed E-state index contributed by atoms with van der Waals surface area (Å²) in [6.07, 6.45) is 1.62. The van der Waals surface area contributed by atoms with Gasteiger partial charge in [0.1, 0.15) is 5.75 Å².